The van der Waals surface area contributed by atoms with Gasteiger partial charge in [0.05, 0.1) is 11.4 Å². The summed E-state index contributed by atoms with van der Waals surface area (Å²) < 4.78 is 24.7. The van der Waals surface area contributed by atoms with E-state index in [1.54, 1.807) is 0 Å². The summed E-state index contributed by atoms with van der Waals surface area (Å²) >= 11 is 5.39. The van der Waals surface area contributed by atoms with E-state index in [1.807, 2.05) is 0 Å². The molecule has 14 heavy (non-hydrogen) atoms. The number of hydrogen-bond donors (Lipinski definition) is 1. The first-order valence-corrected chi connectivity index (χ1v) is 4.16. The van der Waals surface area contributed by atoms with Crippen LogP contribution in [-0.4, -0.2) is 16.1 Å². The Morgan fingerprint density at radius 1 is 1.64 bits per heavy atom. The average Bonchev–Trinajstić information content (AvgIpc) is 2.16. The number of pyridine rings is 1. The number of nitrogens with zero attached hydrogens (tertiary/aromatic N) is 1. The summed E-state index contributed by atoms with van der Waals surface area (Å²) in [5, 5.41) is 8.67. The highest BCUT2D eigenvalue weighted by Gasteiger charge is 2.19. The van der Waals surface area contributed by atoms with E-state index in [9.17, 15) is 13.6 Å². The molecule has 3 nitrogen and oxygen atoms in total. The van der Waals surface area contributed by atoms with Gasteiger partial charge in [0.25, 0.3) is 6.43 Å². The van der Waals surface area contributed by atoms with Gasteiger partial charge in [0.15, 0.2) is 0 Å². The Labute approximate surface area is 83.3 Å². The number of carbonyl (C=O) groups is 1. The molecule has 0 aliphatic heterocycles. The van der Waals surface area contributed by atoms with Crippen molar-refractivity contribution in [3.8, 4) is 0 Å². The molecule has 0 saturated carbocycles. The van der Waals surface area contributed by atoms with Crippen molar-refractivity contribution in [2.75, 3.05) is 0 Å². The number of aromatic carboxylic acids is 1. The van der Waals surface area contributed by atoms with Crippen LogP contribution in [0.5, 0.6) is 0 Å². The smallest absolute Gasteiger partial charge is 0.336 e. The van der Waals surface area contributed by atoms with Gasteiger partial charge in [-0.1, -0.05) is 0 Å². The molecular formula is C8H6ClF2NO2. The number of aromatic nitrogens is 1. The van der Waals surface area contributed by atoms with Gasteiger partial charge in [-0.05, 0) is 6.07 Å². The third-order valence-corrected chi connectivity index (χ3v) is 1.93. The van der Waals surface area contributed by atoms with E-state index in [0.29, 0.717) is 0 Å². The summed E-state index contributed by atoms with van der Waals surface area (Å²) in [6.45, 7) is 0. The molecule has 0 bridgehead atoms. The normalized spacial score (nSPS) is 10.6. The van der Waals surface area contributed by atoms with Gasteiger partial charge in [-0.3, -0.25) is 4.98 Å². The summed E-state index contributed by atoms with van der Waals surface area (Å²) in [6.07, 6.45) is -1.79. The monoisotopic (exact) mass is 221 g/mol. The summed E-state index contributed by atoms with van der Waals surface area (Å²) in [6, 6.07) is 1.14. The zero-order valence-corrected chi connectivity index (χ0v) is 7.63. The van der Waals surface area contributed by atoms with E-state index in [1.165, 1.54) is 0 Å². The van der Waals surface area contributed by atoms with Gasteiger partial charge in [0.2, 0.25) is 0 Å². The Hall–Kier alpha value is -1.23. The van der Waals surface area contributed by atoms with Crippen molar-refractivity contribution in [3.63, 3.8) is 0 Å². The highest BCUT2D eigenvalue weighted by atomic mass is 35.5. The second-order valence-electron chi connectivity index (χ2n) is 2.46. The molecule has 0 aromatic carbocycles. The molecule has 0 aliphatic carbocycles. The van der Waals surface area contributed by atoms with Crippen LogP contribution in [0.4, 0.5) is 8.78 Å². The Balaban J connectivity index is 3.32. The highest BCUT2D eigenvalue weighted by molar-refractivity contribution is 6.17. The molecule has 0 atom stereocenters. The third kappa shape index (κ3) is 1.98. The number of halogens is 3. The van der Waals surface area contributed by atoms with E-state index in [-0.39, 0.29) is 17.0 Å². The predicted molar refractivity (Wildman–Crippen MR) is 45.7 cm³/mol. The minimum absolute atomic E-state index is 0.128. The van der Waals surface area contributed by atoms with Crippen LogP contribution in [0, 0.1) is 0 Å². The van der Waals surface area contributed by atoms with Crippen molar-refractivity contribution < 1.29 is 18.7 Å². The van der Waals surface area contributed by atoms with Gasteiger partial charge >= 0.3 is 5.97 Å². The molecule has 0 unspecified atom stereocenters. The van der Waals surface area contributed by atoms with Crippen molar-refractivity contribution in [3.05, 3.63) is 29.1 Å². The minimum Gasteiger partial charge on any atom is -0.478 e. The van der Waals surface area contributed by atoms with Crippen LogP contribution < -0.4 is 0 Å². The molecule has 1 aromatic rings. The molecule has 6 heteroatoms. The first-order valence-electron chi connectivity index (χ1n) is 3.63. The fourth-order valence-electron chi connectivity index (χ4n) is 1.04. The molecule has 0 spiro atoms. The standard InChI is InChI=1S/C8H6ClF2NO2/c9-3-5-4(8(13)14)1-2-12-6(5)7(10)11/h1-2,7H,3H2,(H,13,14). The van der Waals surface area contributed by atoms with Crippen LogP contribution in [0.2, 0.25) is 0 Å². The lowest BCUT2D eigenvalue weighted by molar-refractivity contribution is 0.0695. The van der Waals surface area contributed by atoms with Gasteiger partial charge < -0.3 is 5.11 Å². The van der Waals surface area contributed by atoms with Crippen molar-refractivity contribution in [1.82, 2.24) is 4.98 Å². The number of alkyl halides is 3. The highest BCUT2D eigenvalue weighted by Crippen LogP contribution is 2.24. The minimum atomic E-state index is -2.82. The van der Waals surface area contributed by atoms with Gasteiger partial charge in [-0.25, -0.2) is 13.6 Å². The van der Waals surface area contributed by atoms with Gasteiger partial charge in [0.1, 0.15) is 5.69 Å². The zero-order chi connectivity index (χ0) is 10.7. The Morgan fingerprint density at radius 2 is 2.29 bits per heavy atom. The Morgan fingerprint density at radius 3 is 2.71 bits per heavy atom. The maximum Gasteiger partial charge on any atom is 0.336 e. The Kier molecular flexibility index (Phi) is 3.35. The first kappa shape index (κ1) is 10.8. The lowest BCUT2D eigenvalue weighted by atomic mass is 10.1. The second-order valence-corrected chi connectivity index (χ2v) is 2.73. The summed E-state index contributed by atoms with van der Waals surface area (Å²) in [5.41, 5.74) is -0.929. The second kappa shape index (κ2) is 4.32. The van der Waals surface area contributed by atoms with Crippen molar-refractivity contribution in [2.45, 2.75) is 12.3 Å². The van der Waals surface area contributed by atoms with Crippen LogP contribution in [0.25, 0.3) is 0 Å². The number of hydrogen-bond acceptors (Lipinski definition) is 2. The van der Waals surface area contributed by atoms with E-state index < -0.39 is 18.1 Å². The first-order chi connectivity index (χ1) is 6.57. The van der Waals surface area contributed by atoms with Crippen LogP contribution >= 0.6 is 11.6 Å². The lowest BCUT2D eigenvalue weighted by Gasteiger charge is -2.07. The van der Waals surface area contributed by atoms with Gasteiger partial charge in [-0.15, -0.1) is 11.6 Å². The number of rotatable bonds is 3. The fourth-order valence-corrected chi connectivity index (χ4v) is 1.32. The van der Waals surface area contributed by atoms with E-state index in [2.05, 4.69) is 4.98 Å². The SMILES string of the molecule is O=C(O)c1ccnc(C(F)F)c1CCl. The quantitative estimate of drug-likeness (QED) is 0.798. The van der Waals surface area contributed by atoms with Crippen LogP contribution in [0.1, 0.15) is 28.0 Å². The molecule has 1 rings (SSSR count). The molecule has 1 N–H and O–H groups in total. The number of carboxylic acid groups (broad SMARTS) is 1. The van der Waals surface area contributed by atoms with Crippen LogP contribution in [-0.2, 0) is 5.88 Å². The topological polar surface area (TPSA) is 50.2 Å². The van der Waals surface area contributed by atoms with E-state index >= 15 is 0 Å². The molecule has 0 fully saturated rings. The Bertz CT molecular complexity index is 357. The summed E-state index contributed by atoms with van der Waals surface area (Å²) in [4.78, 5) is 14.0. The van der Waals surface area contributed by atoms with E-state index in [4.69, 9.17) is 16.7 Å². The van der Waals surface area contributed by atoms with Gasteiger partial charge in [0, 0.05) is 11.8 Å². The van der Waals surface area contributed by atoms with Crippen molar-refractivity contribution in [2.24, 2.45) is 0 Å². The van der Waals surface area contributed by atoms with E-state index in [0.717, 1.165) is 12.3 Å². The van der Waals surface area contributed by atoms with Gasteiger partial charge in [-0.2, -0.15) is 0 Å². The molecule has 0 aliphatic rings. The predicted octanol–water partition coefficient (Wildman–Crippen LogP) is 2.46. The molecule has 0 radical (unpaired) electrons. The molecule has 0 amide bonds. The van der Waals surface area contributed by atoms with Crippen molar-refractivity contribution >= 4 is 17.6 Å². The summed E-state index contributed by atoms with van der Waals surface area (Å²) in [7, 11) is 0. The fraction of sp³-hybridized carbons (Fsp3) is 0.250. The molecular weight excluding hydrogens is 216 g/mol. The van der Waals surface area contributed by atoms with Crippen molar-refractivity contribution in [1.29, 1.82) is 0 Å². The van der Waals surface area contributed by atoms with Crippen LogP contribution in [0.15, 0.2) is 12.3 Å². The zero-order valence-electron chi connectivity index (χ0n) is 6.88. The van der Waals surface area contributed by atoms with Crippen LogP contribution in [0.3, 0.4) is 0 Å². The maximum absolute atomic E-state index is 12.3. The molecule has 0 saturated heterocycles. The third-order valence-electron chi connectivity index (χ3n) is 1.66. The maximum atomic E-state index is 12.3. The molecule has 1 heterocycles. The lowest BCUT2D eigenvalue weighted by Crippen LogP contribution is -2.06. The average molecular weight is 222 g/mol. The molecule has 76 valence electrons. The molecule has 1 aromatic heterocycles. The number of carboxylic acids is 1. The summed E-state index contributed by atoms with van der Waals surface area (Å²) in [5.74, 6) is -1.58. The largest absolute Gasteiger partial charge is 0.478 e.